The Balaban J connectivity index is 1.67. The van der Waals surface area contributed by atoms with Crippen molar-refractivity contribution in [3.63, 3.8) is 0 Å². The first-order valence-corrected chi connectivity index (χ1v) is 8.04. The Labute approximate surface area is 145 Å². The zero-order chi connectivity index (χ0) is 17.4. The zero-order valence-corrected chi connectivity index (χ0v) is 14.4. The number of hydrogen-bond donors (Lipinski definition) is 0. The molecule has 0 spiro atoms. The number of benzene rings is 2. The van der Waals surface area contributed by atoms with E-state index in [0.29, 0.717) is 24.0 Å². The van der Waals surface area contributed by atoms with Crippen molar-refractivity contribution in [2.45, 2.75) is 20.4 Å². The largest absolute Gasteiger partial charge is 0.496 e. The first-order valence-electron chi connectivity index (χ1n) is 8.04. The summed E-state index contributed by atoms with van der Waals surface area (Å²) in [6.07, 6.45) is 1.81. The highest BCUT2D eigenvalue weighted by atomic mass is 16.5. The third-order valence-corrected chi connectivity index (χ3v) is 4.35. The van der Waals surface area contributed by atoms with Gasteiger partial charge in [-0.15, -0.1) is 0 Å². The quantitative estimate of drug-likeness (QED) is 0.568. The SMILES string of the molecule is COc1ccccc1-c1nc(Cn2cnc3cc(C)c(C)cc32)no1. The summed E-state index contributed by atoms with van der Waals surface area (Å²) >= 11 is 0. The van der Waals surface area contributed by atoms with E-state index in [1.807, 2.05) is 35.2 Å². The van der Waals surface area contributed by atoms with Gasteiger partial charge in [-0.3, -0.25) is 0 Å². The van der Waals surface area contributed by atoms with Gasteiger partial charge in [-0.05, 0) is 49.2 Å². The highest BCUT2D eigenvalue weighted by Gasteiger charge is 2.14. The molecule has 0 aliphatic rings. The number of hydrogen-bond acceptors (Lipinski definition) is 5. The second kappa shape index (κ2) is 6.05. The second-order valence-electron chi connectivity index (χ2n) is 6.01. The van der Waals surface area contributed by atoms with Crippen molar-refractivity contribution in [1.29, 1.82) is 0 Å². The van der Waals surface area contributed by atoms with Crippen molar-refractivity contribution in [3.05, 3.63) is 59.7 Å². The van der Waals surface area contributed by atoms with Crippen LogP contribution in [-0.4, -0.2) is 26.8 Å². The molecule has 4 aromatic rings. The molecule has 4 rings (SSSR count). The van der Waals surface area contributed by atoms with E-state index in [1.165, 1.54) is 11.1 Å². The summed E-state index contributed by atoms with van der Waals surface area (Å²) in [6, 6.07) is 11.8. The van der Waals surface area contributed by atoms with Gasteiger partial charge in [0.25, 0.3) is 5.89 Å². The summed E-state index contributed by atoms with van der Waals surface area (Å²) < 4.78 is 12.8. The minimum Gasteiger partial charge on any atom is -0.496 e. The molecule has 0 aliphatic heterocycles. The van der Waals surface area contributed by atoms with Crippen molar-refractivity contribution in [2.75, 3.05) is 7.11 Å². The van der Waals surface area contributed by atoms with Gasteiger partial charge in [0.2, 0.25) is 0 Å². The number of imidazole rings is 1. The van der Waals surface area contributed by atoms with Crippen LogP contribution in [0.25, 0.3) is 22.5 Å². The highest BCUT2D eigenvalue weighted by molar-refractivity contribution is 5.77. The van der Waals surface area contributed by atoms with Crippen LogP contribution in [0.2, 0.25) is 0 Å². The molecule has 0 amide bonds. The van der Waals surface area contributed by atoms with E-state index in [1.54, 1.807) is 7.11 Å². The number of nitrogens with zero attached hydrogens (tertiary/aromatic N) is 4. The summed E-state index contributed by atoms with van der Waals surface area (Å²) in [7, 11) is 1.62. The Bertz CT molecular complexity index is 1050. The molecule has 6 nitrogen and oxygen atoms in total. The van der Waals surface area contributed by atoms with Crippen LogP contribution >= 0.6 is 0 Å². The fourth-order valence-electron chi connectivity index (χ4n) is 2.84. The lowest BCUT2D eigenvalue weighted by Gasteiger charge is -2.04. The van der Waals surface area contributed by atoms with Crippen LogP contribution < -0.4 is 4.74 Å². The summed E-state index contributed by atoms with van der Waals surface area (Å²) in [5.74, 6) is 1.75. The Morgan fingerprint density at radius 1 is 1.12 bits per heavy atom. The van der Waals surface area contributed by atoms with Crippen LogP contribution in [-0.2, 0) is 6.54 Å². The Morgan fingerprint density at radius 2 is 1.92 bits per heavy atom. The fourth-order valence-corrected chi connectivity index (χ4v) is 2.84. The lowest BCUT2D eigenvalue weighted by Crippen LogP contribution is -2.00. The summed E-state index contributed by atoms with van der Waals surface area (Å²) in [5.41, 5.74) is 5.28. The molecule has 0 radical (unpaired) electrons. The first kappa shape index (κ1) is 15.4. The lowest BCUT2D eigenvalue weighted by molar-refractivity contribution is 0.402. The molecule has 2 aromatic carbocycles. The van der Waals surface area contributed by atoms with Crippen LogP contribution in [0.3, 0.4) is 0 Å². The summed E-state index contributed by atoms with van der Waals surface area (Å²) in [5, 5.41) is 4.10. The van der Waals surface area contributed by atoms with E-state index in [-0.39, 0.29) is 0 Å². The number of ether oxygens (including phenoxy) is 1. The average molecular weight is 334 g/mol. The van der Waals surface area contributed by atoms with Gasteiger partial charge in [0.1, 0.15) is 5.75 Å². The first-order chi connectivity index (χ1) is 12.2. The van der Waals surface area contributed by atoms with Gasteiger partial charge in [-0.25, -0.2) is 4.98 Å². The van der Waals surface area contributed by atoms with E-state index in [9.17, 15) is 0 Å². The maximum Gasteiger partial charge on any atom is 0.261 e. The summed E-state index contributed by atoms with van der Waals surface area (Å²) in [4.78, 5) is 8.97. The van der Waals surface area contributed by atoms with E-state index < -0.39 is 0 Å². The predicted molar refractivity (Wildman–Crippen MR) is 94.6 cm³/mol. The number of aryl methyl sites for hydroxylation is 2. The Morgan fingerprint density at radius 3 is 2.76 bits per heavy atom. The monoisotopic (exact) mass is 334 g/mol. The third-order valence-electron chi connectivity index (χ3n) is 4.35. The molecule has 6 heteroatoms. The van der Waals surface area contributed by atoms with Crippen LogP contribution in [0.1, 0.15) is 17.0 Å². The van der Waals surface area contributed by atoms with Gasteiger partial charge in [0.05, 0.1) is 36.6 Å². The molecule has 0 aliphatic carbocycles. The third kappa shape index (κ3) is 2.76. The number of para-hydroxylation sites is 1. The van der Waals surface area contributed by atoms with Crippen LogP contribution in [0, 0.1) is 13.8 Å². The molecule has 0 atom stereocenters. The van der Waals surface area contributed by atoms with Crippen LogP contribution in [0.5, 0.6) is 5.75 Å². The van der Waals surface area contributed by atoms with Gasteiger partial charge in [-0.1, -0.05) is 17.3 Å². The maximum atomic E-state index is 5.42. The molecule has 0 fully saturated rings. The van der Waals surface area contributed by atoms with Crippen molar-refractivity contribution in [1.82, 2.24) is 19.7 Å². The summed E-state index contributed by atoms with van der Waals surface area (Å²) in [6.45, 7) is 4.68. The van der Waals surface area contributed by atoms with E-state index in [4.69, 9.17) is 9.26 Å². The maximum absolute atomic E-state index is 5.42. The van der Waals surface area contributed by atoms with Gasteiger partial charge in [0.15, 0.2) is 5.82 Å². The molecule has 25 heavy (non-hydrogen) atoms. The van der Waals surface area contributed by atoms with E-state index in [2.05, 4.69) is 41.1 Å². The van der Waals surface area contributed by atoms with E-state index in [0.717, 1.165) is 16.6 Å². The minimum atomic E-state index is 0.448. The topological polar surface area (TPSA) is 66.0 Å². The molecule has 0 saturated carbocycles. The molecule has 0 unspecified atom stereocenters. The van der Waals surface area contributed by atoms with Gasteiger partial charge >= 0.3 is 0 Å². The van der Waals surface area contributed by atoms with Crippen molar-refractivity contribution < 1.29 is 9.26 Å². The Kier molecular flexibility index (Phi) is 3.72. The molecule has 0 N–H and O–H groups in total. The highest BCUT2D eigenvalue weighted by Crippen LogP contribution is 2.28. The van der Waals surface area contributed by atoms with Crippen molar-refractivity contribution >= 4 is 11.0 Å². The number of rotatable bonds is 4. The number of aromatic nitrogens is 4. The fraction of sp³-hybridized carbons (Fsp3) is 0.211. The van der Waals surface area contributed by atoms with Crippen LogP contribution in [0.15, 0.2) is 47.2 Å². The molecule has 0 bridgehead atoms. The predicted octanol–water partition coefficient (Wildman–Crippen LogP) is 3.76. The molecule has 2 heterocycles. The van der Waals surface area contributed by atoms with Gasteiger partial charge in [0, 0.05) is 0 Å². The molecule has 126 valence electrons. The molecule has 2 aromatic heterocycles. The Hall–Kier alpha value is -3.15. The number of methoxy groups -OCH3 is 1. The number of fused-ring (bicyclic) bond motifs is 1. The molecule has 0 saturated heterocycles. The minimum absolute atomic E-state index is 0.448. The lowest BCUT2D eigenvalue weighted by atomic mass is 10.1. The van der Waals surface area contributed by atoms with Gasteiger partial charge < -0.3 is 13.8 Å². The van der Waals surface area contributed by atoms with Crippen LogP contribution in [0.4, 0.5) is 0 Å². The van der Waals surface area contributed by atoms with Crippen molar-refractivity contribution in [2.24, 2.45) is 0 Å². The van der Waals surface area contributed by atoms with Gasteiger partial charge in [-0.2, -0.15) is 4.98 Å². The van der Waals surface area contributed by atoms with E-state index >= 15 is 0 Å². The molecular weight excluding hydrogens is 316 g/mol. The zero-order valence-electron chi connectivity index (χ0n) is 14.4. The second-order valence-corrected chi connectivity index (χ2v) is 6.01. The standard InChI is InChI=1S/C19H18N4O2/c1-12-8-15-16(9-13(12)2)23(11-20-15)10-18-21-19(25-22-18)14-6-4-5-7-17(14)24-3/h4-9,11H,10H2,1-3H3. The smallest absolute Gasteiger partial charge is 0.261 e. The van der Waals surface area contributed by atoms with Crippen molar-refractivity contribution in [3.8, 4) is 17.2 Å². The normalized spacial score (nSPS) is 11.2. The molecular formula is C19H18N4O2. The average Bonchev–Trinajstić information content (AvgIpc) is 3.24.